The monoisotopic (exact) mass is 848 g/mol. The highest BCUT2D eigenvalue weighted by Crippen LogP contribution is 2.60. The van der Waals surface area contributed by atoms with Crippen LogP contribution in [-0.4, -0.2) is 91.9 Å². The highest BCUT2D eigenvalue weighted by atomic mass is 28.3. The minimum atomic E-state index is -2.45. The number of aromatic nitrogens is 3. The van der Waals surface area contributed by atoms with E-state index in [1.807, 2.05) is 65.7 Å². The first-order valence-electron chi connectivity index (χ1n) is 21.9. The Labute approximate surface area is 359 Å². The van der Waals surface area contributed by atoms with Crippen LogP contribution >= 0.6 is 0 Å². The fourth-order valence-corrected chi connectivity index (χ4v) is 14.4. The molecule has 8 rings (SSSR count). The van der Waals surface area contributed by atoms with E-state index in [-0.39, 0.29) is 60.3 Å². The topological polar surface area (TPSA) is 172 Å². The number of carbonyl (C=O) groups excluding carboxylic acids is 3. The number of nitrogens with one attached hydrogen (secondary N) is 4. The predicted molar refractivity (Wildman–Crippen MR) is 238 cm³/mol. The number of nitrogens with zero attached hydrogens (tertiary/aromatic N) is 4. The van der Waals surface area contributed by atoms with Gasteiger partial charge in [0.1, 0.15) is 5.75 Å². The van der Waals surface area contributed by atoms with E-state index in [0.717, 1.165) is 61.3 Å². The highest BCUT2D eigenvalue weighted by Gasteiger charge is 2.66. The van der Waals surface area contributed by atoms with Crippen molar-refractivity contribution in [1.29, 1.82) is 0 Å². The highest BCUT2D eigenvalue weighted by molar-refractivity contribution is 6.91. The molecular formula is C46H60N8O6Si. The Morgan fingerprint density at radius 3 is 2.30 bits per heavy atom. The van der Waals surface area contributed by atoms with E-state index in [1.165, 1.54) is 5.19 Å². The number of hydrogen-bond acceptors (Lipinski definition) is 10. The molecule has 15 heteroatoms. The zero-order valence-electron chi connectivity index (χ0n) is 35.8. The molecule has 3 aromatic carbocycles. The first-order chi connectivity index (χ1) is 29.5. The number of ether oxygens (including phenoxy) is 2. The third kappa shape index (κ3) is 8.63. The van der Waals surface area contributed by atoms with Crippen LogP contribution in [-0.2, 0) is 44.2 Å². The zero-order valence-corrected chi connectivity index (χ0v) is 36.8. The number of carbonyl (C=O) groups is 3. The maximum atomic E-state index is 15.6. The van der Waals surface area contributed by atoms with Crippen LogP contribution in [0.15, 0.2) is 72.9 Å². The molecule has 3 amide bonds. The molecule has 0 saturated carbocycles. The van der Waals surface area contributed by atoms with Crippen molar-refractivity contribution in [2.24, 2.45) is 17.8 Å². The maximum absolute atomic E-state index is 15.6. The molecule has 4 aromatic rings. The van der Waals surface area contributed by atoms with Crippen LogP contribution in [0.3, 0.4) is 0 Å². The molecule has 4 aliphatic heterocycles. The summed E-state index contributed by atoms with van der Waals surface area (Å²) in [6, 6.07) is 21.9. The Morgan fingerprint density at radius 1 is 0.967 bits per heavy atom. The summed E-state index contributed by atoms with van der Waals surface area (Å²) in [6.45, 7) is 10.8. The van der Waals surface area contributed by atoms with Crippen LogP contribution in [0.5, 0.6) is 5.75 Å². The summed E-state index contributed by atoms with van der Waals surface area (Å²) in [7, 11) is -0.779. The molecule has 14 nitrogen and oxygen atoms in total. The van der Waals surface area contributed by atoms with Gasteiger partial charge in [-0.3, -0.25) is 19.1 Å². The Bertz CT molecular complexity index is 2200. The molecule has 3 fully saturated rings. The van der Waals surface area contributed by atoms with E-state index in [9.17, 15) is 14.7 Å². The molecule has 5 heterocycles. The fraction of sp³-hybridized carbons (Fsp3) is 0.500. The van der Waals surface area contributed by atoms with Crippen LogP contribution in [0.4, 0.5) is 17.1 Å². The number of methoxy groups -OCH3 is 1. The van der Waals surface area contributed by atoms with Gasteiger partial charge in [0, 0.05) is 61.7 Å². The van der Waals surface area contributed by atoms with Crippen LogP contribution in [0.25, 0.3) is 0 Å². The average Bonchev–Trinajstić information content (AvgIpc) is 3.93. The van der Waals surface area contributed by atoms with Crippen molar-refractivity contribution >= 4 is 48.0 Å². The summed E-state index contributed by atoms with van der Waals surface area (Å²) >= 11 is 0. The van der Waals surface area contributed by atoms with E-state index >= 15 is 4.79 Å². The summed E-state index contributed by atoms with van der Waals surface area (Å²) < 4.78 is 14.7. The van der Waals surface area contributed by atoms with E-state index in [4.69, 9.17) is 9.47 Å². The van der Waals surface area contributed by atoms with Crippen molar-refractivity contribution in [3.8, 4) is 5.75 Å². The number of benzene rings is 3. The van der Waals surface area contributed by atoms with Gasteiger partial charge in [-0.2, -0.15) is 0 Å². The Kier molecular flexibility index (Phi) is 12.7. The number of piperidine rings is 2. The minimum absolute atomic E-state index is 0.00565. The Hall–Kier alpha value is -4.93. The molecule has 0 aliphatic carbocycles. The lowest BCUT2D eigenvalue weighted by Crippen LogP contribution is -2.51. The molecule has 2 unspecified atom stereocenters. The number of aliphatic hydroxyl groups is 1. The van der Waals surface area contributed by atoms with Crippen molar-refractivity contribution in [2.75, 3.05) is 55.4 Å². The molecule has 4 aliphatic rings. The number of hydrogen-bond donors (Lipinski definition) is 5. The van der Waals surface area contributed by atoms with E-state index in [1.54, 1.807) is 11.8 Å². The second-order valence-corrected chi connectivity index (χ2v) is 22.5. The van der Waals surface area contributed by atoms with Gasteiger partial charge >= 0.3 is 0 Å². The standard InChI is InChI=1S/C46H60N8O6Si/c1-30-42(61(3,4)38-15-13-37(59-2)14-16-38)41(18-22-53-29-36(19-23-55)51-52-53)60-46(30)39-25-35(50-44(57)33-10-7-21-48-27-33)12-17-40(39)54(45(46)58)28-31-8-5-11-34(24-31)49-43(56)32-9-6-20-47-26-32/h5,8,11-17,24-25,29-30,32-33,41-42,47-48,55H,6-7,9-10,18-23,26-28H2,1-4H3,(H,49,56)(H,50,57)/t30-,32?,33?,41+,42-,46+/m0/s1. The lowest BCUT2D eigenvalue weighted by atomic mass is 9.82. The van der Waals surface area contributed by atoms with Crippen molar-refractivity contribution in [3.63, 3.8) is 0 Å². The quantitative estimate of drug-likeness (QED) is 0.114. The Balaban J connectivity index is 1.16. The van der Waals surface area contributed by atoms with Gasteiger partial charge in [-0.15, -0.1) is 5.10 Å². The van der Waals surface area contributed by atoms with Crippen molar-refractivity contribution in [3.05, 3.63) is 89.7 Å². The number of anilines is 3. The predicted octanol–water partition coefficient (Wildman–Crippen LogP) is 4.55. The summed E-state index contributed by atoms with van der Waals surface area (Å²) in [5.41, 5.74) is 3.03. The smallest absolute Gasteiger partial charge is 0.264 e. The van der Waals surface area contributed by atoms with Crippen molar-refractivity contribution in [1.82, 2.24) is 25.6 Å². The normalized spacial score (nSPS) is 25.1. The van der Waals surface area contributed by atoms with Crippen molar-refractivity contribution < 1.29 is 29.0 Å². The van der Waals surface area contributed by atoms with Gasteiger partial charge in [-0.05, 0) is 98.8 Å². The molecule has 1 spiro atoms. The second kappa shape index (κ2) is 18.2. The molecule has 3 saturated heterocycles. The number of aliphatic hydroxyl groups excluding tert-OH is 1. The van der Waals surface area contributed by atoms with Gasteiger partial charge in [0.15, 0.2) is 5.60 Å². The molecule has 324 valence electrons. The fourth-order valence-electron chi connectivity index (χ4n) is 10.3. The molecule has 5 N–H and O–H groups in total. The van der Waals surface area contributed by atoms with Gasteiger partial charge in [0.2, 0.25) is 11.8 Å². The van der Waals surface area contributed by atoms with Gasteiger partial charge < -0.3 is 40.7 Å². The molecule has 1 aromatic heterocycles. The Morgan fingerprint density at radius 2 is 1.66 bits per heavy atom. The summed E-state index contributed by atoms with van der Waals surface area (Å²) in [5, 5.41) is 32.3. The molecule has 61 heavy (non-hydrogen) atoms. The van der Waals surface area contributed by atoms with E-state index < -0.39 is 13.7 Å². The van der Waals surface area contributed by atoms with Crippen LogP contribution in [0, 0.1) is 17.8 Å². The third-order valence-electron chi connectivity index (χ3n) is 13.6. The number of rotatable bonds is 14. The first-order valence-corrected chi connectivity index (χ1v) is 25.0. The lowest BCUT2D eigenvalue weighted by molar-refractivity contribution is -0.146. The third-order valence-corrected chi connectivity index (χ3v) is 17.9. The molecule has 0 bridgehead atoms. The van der Waals surface area contributed by atoms with E-state index in [0.29, 0.717) is 49.5 Å². The van der Waals surface area contributed by atoms with Crippen LogP contribution in [0.1, 0.15) is 55.8 Å². The average molecular weight is 849 g/mol. The number of amides is 3. The minimum Gasteiger partial charge on any atom is -0.497 e. The maximum Gasteiger partial charge on any atom is 0.264 e. The number of fused-ring (bicyclic) bond motifs is 2. The van der Waals surface area contributed by atoms with Crippen LogP contribution < -0.4 is 36.1 Å². The van der Waals surface area contributed by atoms with E-state index in [2.05, 4.69) is 63.7 Å². The largest absolute Gasteiger partial charge is 0.497 e. The van der Waals surface area contributed by atoms with Gasteiger partial charge in [0.25, 0.3) is 5.91 Å². The van der Waals surface area contributed by atoms with Crippen molar-refractivity contribution in [2.45, 2.75) is 88.9 Å². The molecular weight excluding hydrogens is 789 g/mol. The zero-order chi connectivity index (χ0) is 42.7. The summed E-state index contributed by atoms with van der Waals surface area (Å²) in [4.78, 5) is 44.3. The van der Waals surface area contributed by atoms with Gasteiger partial charge in [-0.25, -0.2) is 0 Å². The summed E-state index contributed by atoms with van der Waals surface area (Å²) in [5.74, 6) is 0.102. The SMILES string of the molecule is COc1ccc([Si](C)(C)[C@@H]2[C@@H](CCn3cc(CCO)nn3)O[C@]3(C(=O)N(Cc4cccc(NC(=O)C5CCCNC5)c4)c4ccc(NC(=O)C5CCCNC5)cc43)[C@H]2C)cc1. The lowest BCUT2D eigenvalue weighted by Gasteiger charge is -2.37. The molecule has 6 atom stereocenters. The number of aryl methyl sites for hydroxylation is 1. The van der Waals surface area contributed by atoms with Gasteiger partial charge in [-0.1, -0.05) is 54.7 Å². The van der Waals surface area contributed by atoms with Gasteiger partial charge in [0.05, 0.1) is 51.0 Å². The summed E-state index contributed by atoms with van der Waals surface area (Å²) in [6.07, 6.45) is 6.11. The first kappa shape index (κ1) is 42.7. The molecule has 0 radical (unpaired) electrons. The van der Waals surface area contributed by atoms with Crippen LogP contribution in [0.2, 0.25) is 18.6 Å². The second-order valence-electron chi connectivity index (χ2n) is 17.8.